The van der Waals surface area contributed by atoms with Crippen LogP contribution in [-0.2, 0) is 11.3 Å². The molecule has 0 spiro atoms. The number of hydrogen-bond donors (Lipinski definition) is 3. The molecule has 6 bridgehead atoms. The van der Waals surface area contributed by atoms with Gasteiger partial charge in [0.2, 0.25) is 5.95 Å². The third-order valence-corrected chi connectivity index (χ3v) is 6.00. The summed E-state index contributed by atoms with van der Waals surface area (Å²) in [5.74, 6) is 1.43. The number of rotatable bonds is 2. The highest BCUT2D eigenvalue weighted by Gasteiger charge is 2.24. The van der Waals surface area contributed by atoms with E-state index in [1.807, 2.05) is 24.3 Å². The maximum atomic E-state index is 12.6. The first kappa shape index (κ1) is 22.2. The second-order valence-electron chi connectivity index (χ2n) is 8.99. The smallest absolute Gasteiger partial charge is 0.251 e. The highest BCUT2D eigenvalue weighted by Crippen LogP contribution is 2.32. The number of amides is 1. The molecule has 8 nitrogen and oxygen atoms in total. The molecule has 6 rings (SSSR count). The number of nitrogens with two attached hydrogens (primary N) is 1. The van der Waals surface area contributed by atoms with Crippen molar-refractivity contribution in [1.82, 2.24) is 15.3 Å². The van der Waals surface area contributed by atoms with Crippen molar-refractivity contribution < 1.29 is 14.3 Å². The molecule has 1 fully saturated rings. The largest absolute Gasteiger partial charge is 0.490 e. The van der Waals surface area contributed by atoms with Gasteiger partial charge in [-0.25, -0.2) is 9.97 Å². The maximum absolute atomic E-state index is 12.6. The first-order valence-corrected chi connectivity index (χ1v) is 11.7. The predicted molar refractivity (Wildman–Crippen MR) is 131 cm³/mol. The Bertz CT molecular complexity index is 1190. The van der Waals surface area contributed by atoms with Crippen molar-refractivity contribution in [2.24, 2.45) is 5.92 Å². The Morgan fingerprint density at radius 3 is 2.82 bits per heavy atom. The van der Waals surface area contributed by atoms with Crippen LogP contribution in [0, 0.1) is 5.92 Å². The zero-order chi connectivity index (χ0) is 23.5. The molecule has 8 heteroatoms. The van der Waals surface area contributed by atoms with E-state index in [9.17, 15) is 4.79 Å². The molecule has 3 aliphatic rings. The molecule has 1 aliphatic carbocycles. The lowest BCUT2D eigenvalue weighted by Gasteiger charge is -2.15. The van der Waals surface area contributed by atoms with Crippen LogP contribution in [0.25, 0.3) is 11.3 Å². The fraction of sp³-hybridized carbons (Fsp3) is 0.346. The number of ether oxygens (including phenoxy) is 2. The Labute approximate surface area is 198 Å². The summed E-state index contributed by atoms with van der Waals surface area (Å²) in [4.78, 5) is 21.6. The summed E-state index contributed by atoms with van der Waals surface area (Å²) in [6, 6.07) is 13.0. The Morgan fingerprint density at radius 1 is 1.12 bits per heavy atom. The second-order valence-corrected chi connectivity index (χ2v) is 8.99. The van der Waals surface area contributed by atoms with Crippen molar-refractivity contribution in [2.75, 3.05) is 24.2 Å². The molecular weight excluding hydrogens is 430 g/mol. The van der Waals surface area contributed by atoms with E-state index in [0.29, 0.717) is 48.8 Å². The molecule has 1 saturated carbocycles. The maximum Gasteiger partial charge on any atom is 0.251 e. The van der Waals surface area contributed by atoms with Crippen LogP contribution in [0.1, 0.15) is 42.1 Å². The number of aromatic nitrogens is 2. The first-order chi connectivity index (χ1) is 16.5. The van der Waals surface area contributed by atoms with Crippen LogP contribution in [0.4, 0.5) is 17.3 Å². The minimum atomic E-state index is -0.146. The predicted octanol–water partition coefficient (Wildman–Crippen LogP) is 4.30. The molecule has 0 radical (unpaired) electrons. The molecule has 2 aliphatic heterocycles. The monoisotopic (exact) mass is 459 g/mol. The Hall–Kier alpha value is -3.65. The van der Waals surface area contributed by atoms with E-state index < -0.39 is 0 Å². The number of benzene rings is 2. The van der Waals surface area contributed by atoms with Gasteiger partial charge in [0.15, 0.2) is 0 Å². The zero-order valence-electron chi connectivity index (χ0n) is 19.2. The lowest BCUT2D eigenvalue weighted by molar-refractivity contribution is 0.0923. The number of carbonyl (C=O) groups is 1. The fourth-order valence-corrected chi connectivity index (χ4v) is 3.82. The van der Waals surface area contributed by atoms with Gasteiger partial charge in [0.1, 0.15) is 5.75 Å². The van der Waals surface area contributed by atoms with Crippen LogP contribution in [0.2, 0.25) is 0 Å². The van der Waals surface area contributed by atoms with Crippen molar-refractivity contribution in [3.05, 3.63) is 59.8 Å². The Morgan fingerprint density at radius 2 is 2.00 bits per heavy atom. The summed E-state index contributed by atoms with van der Waals surface area (Å²) in [5.41, 5.74) is 10.6. The lowest BCUT2D eigenvalue weighted by Crippen LogP contribution is -2.28. The molecule has 1 atom stereocenters. The van der Waals surface area contributed by atoms with Crippen molar-refractivity contribution >= 4 is 23.2 Å². The molecule has 4 N–H and O–H groups in total. The average molecular weight is 460 g/mol. The number of carbonyl (C=O) groups excluding carboxylic acids is 1. The zero-order valence-corrected chi connectivity index (χ0v) is 19.2. The third kappa shape index (κ3) is 5.28. The number of nitrogen functional groups attached to an aromatic ring is 1. The van der Waals surface area contributed by atoms with Gasteiger partial charge in [-0.2, -0.15) is 0 Å². The van der Waals surface area contributed by atoms with Gasteiger partial charge in [0, 0.05) is 47.4 Å². The molecule has 0 unspecified atom stereocenters. The highest BCUT2D eigenvalue weighted by atomic mass is 16.5. The normalized spacial score (nSPS) is 18.7. The van der Waals surface area contributed by atoms with Crippen LogP contribution >= 0.6 is 0 Å². The van der Waals surface area contributed by atoms with E-state index in [1.165, 1.54) is 0 Å². The van der Waals surface area contributed by atoms with Crippen LogP contribution < -0.4 is 21.1 Å². The van der Waals surface area contributed by atoms with Gasteiger partial charge >= 0.3 is 0 Å². The molecule has 0 saturated heterocycles. The summed E-state index contributed by atoms with van der Waals surface area (Å²) < 4.78 is 12.1. The van der Waals surface area contributed by atoms with Gasteiger partial charge in [-0.3, -0.25) is 4.79 Å². The Balaban J connectivity index is 1.47. The van der Waals surface area contributed by atoms with E-state index in [-0.39, 0.29) is 11.8 Å². The number of anilines is 3. The van der Waals surface area contributed by atoms with Crippen LogP contribution in [0.15, 0.2) is 48.7 Å². The summed E-state index contributed by atoms with van der Waals surface area (Å²) >= 11 is 0. The summed E-state index contributed by atoms with van der Waals surface area (Å²) in [6.45, 7) is 3.69. The Kier molecular flexibility index (Phi) is 6.31. The topological polar surface area (TPSA) is 111 Å². The molecular formula is C26H29N5O3. The van der Waals surface area contributed by atoms with E-state index in [0.717, 1.165) is 41.8 Å². The molecule has 176 valence electrons. The number of fused-ring (bicyclic) bond motifs is 9. The van der Waals surface area contributed by atoms with Gasteiger partial charge in [0.25, 0.3) is 5.91 Å². The van der Waals surface area contributed by atoms with Crippen molar-refractivity contribution in [3.8, 4) is 17.0 Å². The van der Waals surface area contributed by atoms with Gasteiger partial charge in [-0.1, -0.05) is 6.92 Å². The van der Waals surface area contributed by atoms with Crippen LogP contribution in [-0.4, -0.2) is 35.1 Å². The van der Waals surface area contributed by atoms with Gasteiger partial charge in [0.05, 0.1) is 18.4 Å². The quantitative estimate of drug-likeness (QED) is 0.490. The third-order valence-electron chi connectivity index (χ3n) is 6.00. The van der Waals surface area contributed by atoms with E-state index >= 15 is 0 Å². The summed E-state index contributed by atoms with van der Waals surface area (Å²) in [5, 5.41) is 6.27. The molecule has 1 amide bonds. The van der Waals surface area contributed by atoms with Gasteiger partial charge in [-0.15, -0.1) is 0 Å². The van der Waals surface area contributed by atoms with Crippen LogP contribution in [0.3, 0.4) is 0 Å². The standard InChI is InChI=1S/C26H29N5O3/c1-16-9-11-33-15-18-12-19(3-7-24(18)34-20-4-5-20)30-26-28-10-8-23(31-26)21-6-2-17(13-22(21)27)25(32)29-14-16/h2-3,6-8,10,12-13,16,20H,4-5,9,11,14-15,27H2,1H3,(H,29,32)(H,28,30,31)/t16-/m1/s1. The van der Waals surface area contributed by atoms with Crippen molar-refractivity contribution in [3.63, 3.8) is 0 Å². The van der Waals surface area contributed by atoms with Gasteiger partial charge < -0.3 is 25.8 Å². The molecule has 3 aromatic rings. The fourth-order valence-electron chi connectivity index (χ4n) is 3.82. The first-order valence-electron chi connectivity index (χ1n) is 11.7. The van der Waals surface area contributed by atoms with Gasteiger partial charge in [-0.05, 0) is 67.6 Å². The van der Waals surface area contributed by atoms with E-state index in [4.69, 9.17) is 15.2 Å². The minimum Gasteiger partial charge on any atom is -0.490 e. The molecule has 3 heterocycles. The SMILES string of the molecule is C[C@@H]1CCOCc2cc(ccc2OC2CC2)Nc2nccc(n2)-c2ccc(cc2N)C(=O)NC1. The number of nitrogens with one attached hydrogen (secondary N) is 2. The molecule has 34 heavy (non-hydrogen) atoms. The number of nitrogens with zero attached hydrogens (tertiary/aromatic N) is 2. The van der Waals surface area contributed by atoms with Crippen LogP contribution in [0.5, 0.6) is 5.75 Å². The molecule has 1 aromatic heterocycles. The summed E-state index contributed by atoms with van der Waals surface area (Å²) in [7, 11) is 0. The van der Waals surface area contributed by atoms with Crippen molar-refractivity contribution in [2.45, 2.75) is 38.9 Å². The van der Waals surface area contributed by atoms with E-state index in [1.54, 1.807) is 24.4 Å². The second kappa shape index (κ2) is 9.69. The van der Waals surface area contributed by atoms with Crippen molar-refractivity contribution in [1.29, 1.82) is 0 Å². The van der Waals surface area contributed by atoms with E-state index in [2.05, 4.69) is 27.5 Å². The minimum absolute atomic E-state index is 0.146. The lowest BCUT2D eigenvalue weighted by atomic mass is 10.0. The average Bonchev–Trinajstić information content (AvgIpc) is 3.65. The summed E-state index contributed by atoms with van der Waals surface area (Å²) in [6.07, 6.45) is 5.00. The molecule has 2 aromatic carbocycles. The highest BCUT2D eigenvalue weighted by molar-refractivity contribution is 5.96. The number of hydrogen-bond acceptors (Lipinski definition) is 7.